The van der Waals surface area contributed by atoms with Crippen LogP contribution in [-0.4, -0.2) is 40.0 Å². The maximum Gasteiger partial charge on any atom is 0.354 e. The second kappa shape index (κ2) is 6.74. The minimum absolute atomic E-state index is 0.0518. The maximum atomic E-state index is 12.1. The number of aromatic carboxylic acids is 1. The van der Waals surface area contributed by atoms with Gasteiger partial charge in [0, 0.05) is 19.3 Å². The normalized spacial score (nSPS) is 10.1. The topological polar surface area (TPSA) is 70.5 Å². The first kappa shape index (κ1) is 14.2. The highest BCUT2D eigenvalue weighted by Gasteiger charge is 2.15. The molecule has 0 atom stereocenters. The van der Waals surface area contributed by atoms with Gasteiger partial charge in [-0.1, -0.05) is 13.8 Å². The summed E-state index contributed by atoms with van der Waals surface area (Å²) in [5.74, 6) is -1.18. The average molecular weight is 250 g/mol. The Balaban J connectivity index is 2.84. The highest BCUT2D eigenvalue weighted by Crippen LogP contribution is 2.06. The Bertz CT molecular complexity index is 409. The number of nitrogens with zero attached hydrogens (tertiary/aromatic N) is 2. The summed E-state index contributed by atoms with van der Waals surface area (Å²) >= 11 is 0. The number of carbonyl (C=O) groups is 2. The lowest BCUT2D eigenvalue weighted by atomic mass is 10.2. The molecule has 0 aliphatic rings. The largest absolute Gasteiger partial charge is 0.477 e. The monoisotopic (exact) mass is 250 g/mol. The predicted octanol–water partition coefficient (Wildman–Crippen LogP) is 2.04. The molecule has 98 valence electrons. The van der Waals surface area contributed by atoms with Crippen LogP contribution in [0.5, 0.6) is 0 Å². The van der Waals surface area contributed by atoms with E-state index in [-0.39, 0.29) is 11.6 Å². The quantitative estimate of drug-likeness (QED) is 0.838. The van der Waals surface area contributed by atoms with Crippen LogP contribution in [0.4, 0.5) is 0 Å². The van der Waals surface area contributed by atoms with Crippen molar-refractivity contribution in [1.82, 2.24) is 9.88 Å². The molecule has 1 rings (SSSR count). The molecule has 0 fully saturated rings. The summed E-state index contributed by atoms with van der Waals surface area (Å²) < 4.78 is 0. The van der Waals surface area contributed by atoms with Crippen LogP contribution in [0.3, 0.4) is 0 Å². The molecule has 0 aliphatic heterocycles. The van der Waals surface area contributed by atoms with Crippen LogP contribution < -0.4 is 0 Å². The molecule has 1 aromatic heterocycles. The van der Waals surface area contributed by atoms with Gasteiger partial charge in [-0.15, -0.1) is 0 Å². The van der Waals surface area contributed by atoms with Crippen LogP contribution in [-0.2, 0) is 0 Å². The Morgan fingerprint density at radius 2 is 1.83 bits per heavy atom. The van der Waals surface area contributed by atoms with E-state index in [9.17, 15) is 9.59 Å². The summed E-state index contributed by atoms with van der Waals surface area (Å²) in [7, 11) is 0. The van der Waals surface area contributed by atoms with E-state index in [0.29, 0.717) is 18.7 Å². The molecule has 1 N–H and O–H groups in total. The number of carboxylic acid groups (broad SMARTS) is 1. The van der Waals surface area contributed by atoms with Gasteiger partial charge in [-0.05, 0) is 25.0 Å². The van der Waals surface area contributed by atoms with E-state index < -0.39 is 5.97 Å². The fourth-order valence-corrected chi connectivity index (χ4v) is 1.68. The number of hydrogen-bond donors (Lipinski definition) is 1. The number of hydrogen-bond acceptors (Lipinski definition) is 3. The van der Waals surface area contributed by atoms with Crippen molar-refractivity contribution in [2.45, 2.75) is 26.7 Å². The lowest BCUT2D eigenvalue weighted by Gasteiger charge is -2.21. The van der Waals surface area contributed by atoms with E-state index >= 15 is 0 Å². The smallest absolute Gasteiger partial charge is 0.354 e. The Morgan fingerprint density at radius 3 is 2.22 bits per heavy atom. The van der Waals surface area contributed by atoms with Gasteiger partial charge in [0.25, 0.3) is 5.91 Å². The van der Waals surface area contributed by atoms with E-state index in [1.165, 1.54) is 18.3 Å². The van der Waals surface area contributed by atoms with E-state index in [2.05, 4.69) is 4.98 Å². The van der Waals surface area contributed by atoms with Gasteiger partial charge in [0.05, 0.1) is 5.56 Å². The molecule has 18 heavy (non-hydrogen) atoms. The second-order valence-corrected chi connectivity index (χ2v) is 4.03. The molecule has 1 aromatic rings. The van der Waals surface area contributed by atoms with Crippen molar-refractivity contribution in [1.29, 1.82) is 0 Å². The Labute approximate surface area is 106 Å². The molecule has 0 aliphatic carbocycles. The molecule has 0 unspecified atom stereocenters. The predicted molar refractivity (Wildman–Crippen MR) is 67.7 cm³/mol. The molecular formula is C13H18N2O3. The van der Waals surface area contributed by atoms with Crippen LogP contribution in [0.2, 0.25) is 0 Å². The number of carboxylic acids is 1. The van der Waals surface area contributed by atoms with Crippen molar-refractivity contribution in [2.24, 2.45) is 0 Å². The van der Waals surface area contributed by atoms with Crippen LogP contribution in [0.25, 0.3) is 0 Å². The number of carbonyl (C=O) groups excluding carboxylic acids is 1. The molecular weight excluding hydrogens is 232 g/mol. The third-order valence-corrected chi connectivity index (χ3v) is 2.50. The first-order valence-electron chi connectivity index (χ1n) is 6.08. The second-order valence-electron chi connectivity index (χ2n) is 4.03. The summed E-state index contributed by atoms with van der Waals surface area (Å²) in [5, 5.41) is 8.73. The molecule has 5 nitrogen and oxygen atoms in total. The number of rotatable bonds is 6. The van der Waals surface area contributed by atoms with Crippen molar-refractivity contribution in [3.63, 3.8) is 0 Å². The zero-order valence-electron chi connectivity index (χ0n) is 10.7. The minimum atomic E-state index is -1.09. The summed E-state index contributed by atoms with van der Waals surface area (Å²) in [4.78, 5) is 28.3. The molecule has 0 saturated heterocycles. The van der Waals surface area contributed by atoms with Crippen molar-refractivity contribution in [3.8, 4) is 0 Å². The van der Waals surface area contributed by atoms with Gasteiger partial charge in [0.15, 0.2) is 0 Å². The van der Waals surface area contributed by atoms with Crippen LogP contribution in [0.1, 0.15) is 47.5 Å². The number of pyridine rings is 1. The molecule has 0 bridgehead atoms. The Kier molecular flexibility index (Phi) is 5.30. The lowest BCUT2D eigenvalue weighted by molar-refractivity contribution is 0.0687. The van der Waals surface area contributed by atoms with Gasteiger partial charge in [-0.2, -0.15) is 0 Å². The third kappa shape index (κ3) is 3.55. The lowest BCUT2D eigenvalue weighted by Crippen LogP contribution is -2.32. The SMILES string of the molecule is CCCN(CCC)C(=O)c1ccc(C(=O)O)nc1. The minimum Gasteiger partial charge on any atom is -0.477 e. The summed E-state index contributed by atoms with van der Waals surface area (Å²) in [5.41, 5.74) is 0.381. The van der Waals surface area contributed by atoms with Crippen LogP contribution in [0, 0.1) is 0 Å². The molecule has 5 heteroatoms. The van der Waals surface area contributed by atoms with Gasteiger partial charge < -0.3 is 10.0 Å². The van der Waals surface area contributed by atoms with Crippen LogP contribution in [0.15, 0.2) is 18.3 Å². The Morgan fingerprint density at radius 1 is 1.22 bits per heavy atom. The molecule has 0 radical (unpaired) electrons. The molecule has 0 aromatic carbocycles. The van der Waals surface area contributed by atoms with Crippen LogP contribution >= 0.6 is 0 Å². The summed E-state index contributed by atoms with van der Waals surface area (Å²) in [6.45, 7) is 5.43. The Hall–Kier alpha value is -1.91. The zero-order valence-corrected chi connectivity index (χ0v) is 10.7. The fourth-order valence-electron chi connectivity index (χ4n) is 1.68. The summed E-state index contributed by atoms with van der Waals surface area (Å²) in [6, 6.07) is 2.86. The molecule has 0 spiro atoms. The summed E-state index contributed by atoms with van der Waals surface area (Å²) in [6.07, 6.45) is 3.11. The molecule has 1 heterocycles. The number of amides is 1. The molecule has 0 saturated carbocycles. The van der Waals surface area contributed by atoms with Crippen molar-refractivity contribution >= 4 is 11.9 Å². The maximum absolute atomic E-state index is 12.1. The van der Waals surface area contributed by atoms with Gasteiger partial charge in [0.2, 0.25) is 0 Å². The third-order valence-electron chi connectivity index (χ3n) is 2.50. The molecule has 1 amide bonds. The zero-order chi connectivity index (χ0) is 13.5. The van der Waals surface area contributed by atoms with Gasteiger partial charge >= 0.3 is 5.97 Å². The first-order chi connectivity index (χ1) is 8.60. The van der Waals surface area contributed by atoms with Crippen molar-refractivity contribution < 1.29 is 14.7 Å². The van der Waals surface area contributed by atoms with Crippen molar-refractivity contribution in [2.75, 3.05) is 13.1 Å². The van der Waals surface area contributed by atoms with E-state index in [0.717, 1.165) is 12.8 Å². The van der Waals surface area contributed by atoms with E-state index in [1.807, 2.05) is 13.8 Å². The number of aromatic nitrogens is 1. The average Bonchev–Trinajstić information content (AvgIpc) is 2.38. The van der Waals surface area contributed by atoms with E-state index in [4.69, 9.17) is 5.11 Å². The first-order valence-corrected chi connectivity index (χ1v) is 6.08. The van der Waals surface area contributed by atoms with E-state index in [1.54, 1.807) is 4.90 Å². The van der Waals surface area contributed by atoms with Crippen molar-refractivity contribution in [3.05, 3.63) is 29.6 Å². The highest BCUT2D eigenvalue weighted by atomic mass is 16.4. The highest BCUT2D eigenvalue weighted by molar-refractivity contribution is 5.94. The van der Waals surface area contributed by atoms with Gasteiger partial charge in [-0.3, -0.25) is 4.79 Å². The fraction of sp³-hybridized carbons (Fsp3) is 0.462. The van der Waals surface area contributed by atoms with Gasteiger partial charge in [0.1, 0.15) is 5.69 Å². The standard InChI is InChI=1S/C13H18N2O3/c1-3-7-15(8-4-2)12(16)10-5-6-11(13(17)18)14-9-10/h5-6,9H,3-4,7-8H2,1-2H3,(H,17,18). The van der Waals surface area contributed by atoms with Gasteiger partial charge in [-0.25, -0.2) is 9.78 Å².